The summed E-state index contributed by atoms with van der Waals surface area (Å²) < 4.78 is 2.26. The first kappa shape index (κ1) is 20.4. The monoisotopic (exact) mass is 420 g/mol. The van der Waals surface area contributed by atoms with Crippen LogP contribution in [0, 0.1) is 0 Å². The molecule has 2 aromatic heterocycles. The molecule has 0 amide bonds. The third-order valence-corrected chi connectivity index (χ3v) is 6.92. The fourth-order valence-electron chi connectivity index (χ4n) is 4.94. The van der Waals surface area contributed by atoms with Gasteiger partial charge in [0.05, 0.1) is 6.10 Å². The van der Waals surface area contributed by atoms with E-state index in [0.717, 1.165) is 75.0 Å². The van der Waals surface area contributed by atoms with Crippen molar-refractivity contribution in [2.24, 2.45) is 0 Å². The normalized spacial score (nSPS) is 23.4. The zero-order chi connectivity index (χ0) is 21.4. The fourth-order valence-corrected chi connectivity index (χ4v) is 4.94. The number of fused-ring (bicyclic) bond motifs is 1. The second-order valence-corrected chi connectivity index (χ2v) is 9.15. The summed E-state index contributed by atoms with van der Waals surface area (Å²) in [6.07, 6.45) is 7.46. The minimum absolute atomic E-state index is 0.176. The first-order chi connectivity index (χ1) is 15.1. The number of aliphatic hydroxyl groups excluding tert-OH is 1. The molecule has 31 heavy (non-hydrogen) atoms. The molecule has 7 nitrogen and oxygen atoms in total. The molecule has 0 atom stereocenters. The van der Waals surface area contributed by atoms with Crippen LogP contribution in [0.25, 0.3) is 22.2 Å². The molecule has 3 aromatic rings. The molecule has 0 unspecified atom stereocenters. The number of piperazine rings is 1. The Balaban J connectivity index is 1.42. The molecule has 1 saturated heterocycles. The van der Waals surface area contributed by atoms with Crippen molar-refractivity contribution < 1.29 is 5.11 Å². The molecule has 7 heteroatoms. The predicted molar refractivity (Wildman–Crippen MR) is 124 cm³/mol. The van der Waals surface area contributed by atoms with Crippen LogP contribution in [0.2, 0.25) is 0 Å². The largest absolute Gasteiger partial charge is 0.393 e. The number of benzene rings is 1. The molecule has 0 spiro atoms. The van der Waals surface area contributed by atoms with Crippen LogP contribution in [0.15, 0.2) is 36.7 Å². The number of nitrogen functional groups attached to an aromatic ring is 1. The van der Waals surface area contributed by atoms with E-state index in [-0.39, 0.29) is 6.10 Å². The quantitative estimate of drug-likeness (QED) is 0.675. The van der Waals surface area contributed by atoms with E-state index in [9.17, 15) is 5.11 Å². The molecular formula is C24H32N6O. The van der Waals surface area contributed by atoms with E-state index in [0.29, 0.717) is 12.0 Å². The first-order valence-corrected chi connectivity index (χ1v) is 11.4. The van der Waals surface area contributed by atoms with E-state index in [4.69, 9.17) is 5.73 Å². The van der Waals surface area contributed by atoms with Crippen molar-refractivity contribution in [3.05, 3.63) is 42.2 Å². The molecule has 0 radical (unpaired) electrons. The molecule has 5 rings (SSSR count). The van der Waals surface area contributed by atoms with Crippen molar-refractivity contribution in [1.29, 1.82) is 0 Å². The Labute approximate surface area is 183 Å². The van der Waals surface area contributed by atoms with Crippen molar-refractivity contribution in [1.82, 2.24) is 24.3 Å². The maximum atomic E-state index is 9.91. The summed E-state index contributed by atoms with van der Waals surface area (Å²) >= 11 is 0. The molecule has 1 aromatic carbocycles. The van der Waals surface area contributed by atoms with E-state index in [2.05, 4.69) is 61.8 Å². The summed E-state index contributed by atoms with van der Waals surface area (Å²) in [5.41, 5.74) is 10.5. The van der Waals surface area contributed by atoms with Crippen LogP contribution in [0.1, 0.15) is 37.3 Å². The molecule has 1 saturated carbocycles. The molecule has 2 fully saturated rings. The first-order valence-electron chi connectivity index (χ1n) is 11.4. The van der Waals surface area contributed by atoms with E-state index in [1.807, 2.05) is 6.20 Å². The minimum Gasteiger partial charge on any atom is -0.393 e. The van der Waals surface area contributed by atoms with Crippen molar-refractivity contribution in [2.45, 2.75) is 44.4 Å². The van der Waals surface area contributed by atoms with Gasteiger partial charge in [0, 0.05) is 62.1 Å². The minimum atomic E-state index is -0.176. The van der Waals surface area contributed by atoms with Crippen LogP contribution in [-0.4, -0.2) is 68.8 Å². The number of aromatic nitrogens is 3. The van der Waals surface area contributed by atoms with Crippen molar-refractivity contribution in [3.63, 3.8) is 0 Å². The predicted octanol–water partition coefficient (Wildman–Crippen LogP) is 2.90. The van der Waals surface area contributed by atoms with Crippen LogP contribution >= 0.6 is 0 Å². The average molecular weight is 421 g/mol. The summed E-state index contributed by atoms with van der Waals surface area (Å²) in [5.74, 6) is 0.303. The highest BCUT2D eigenvalue weighted by molar-refractivity contribution is 5.94. The van der Waals surface area contributed by atoms with Crippen LogP contribution in [-0.2, 0) is 6.54 Å². The number of anilines is 1. The van der Waals surface area contributed by atoms with Gasteiger partial charge in [0.2, 0.25) is 5.95 Å². The van der Waals surface area contributed by atoms with Crippen LogP contribution in [0.5, 0.6) is 0 Å². The highest BCUT2D eigenvalue weighted by Crippen LogP contribution is 2.36. The van der Waals surface area contributed by atoms with Gasteiger partial charge < -0.3 is 20.3 Å². The molecular weight excluding hydrogens is 388 g/mol. The summed E-state index contributed by atoms with van der Waals surface area (Å²) in [5, 5.41) is 10.9. The van der Waals surface area contributed by atoms with Crippen molar-refractivity contribution in [3.8, 4) is 11.1 Å². The molecule has 0 bridgehead atoms. The van der Waals surface area contributed by atoms with Crippen LogP contribution < -0.4 is 5.73 Å². The van der Waals surface area contributed by atoms with Gasteiger partial charge in [0.1, 0.15) is 5.65 Å². The third-order valence-electron chi connectivity index (χ3n) is 6.92. The Bertz CT molecular complexity index is 1030. The molecule has 1 aliphatic heterocycles. The maximum Gasteiger partial charge on any atom is 0.221 e. The number of nitrogens with zero attached hydrogens (tertiary/aromatic N) is 5. The Hall–Kier alpha value is -2.48. The van der Waals surface area contributed by atoms with E-state index in [1.165, 1.54) is 11.1 Å². The van der Waals surface area contributed by atoms with E-state index in [1.54, 1.807) is 0 Å². The van der Waals surface area contributed by atoms with Gasteiger partial charge in [0.25, 0.3) is 0 Å². The second-order valence-electron chi connectivity index (χ2n) is 9.15. The van der Waals surface area contributed by atoms with Gasteiger partial charge >= 0.3 is 0 Å². The molecule has 3 N–H and O–H groups in total. The zero-order valence-electron chi connectivity index (χ0n) is 18.2. The standard InChI is InChI=1S/C24H32N6O/c1-28-10-12-29(13-11-28)15-17-2-4-18(5-3-17)22-16-30(19-6-8-20(31)9-7-19)23-21(22)14-26-24(25)27-23/h2-5,14,16,19-20,31H,6-13,15H2,1H3,(H2,25,26,27)/t19-,20-. The number of hydrogen-bond acceptors (Lipinski definition) is 6. The summed E-state index contributed by atoms with van der Waals surface area (Å²) in [7, 11) is 2.19. The fraction of sp³-hybridized carbons (Fsp3) is 0.500. The van der Waals surface area contributed by atoms with Gasteiger partial charge in [-0.1, -0.05) is 24.3 Å². The lowest BCUT2D eigenvalue weighted by Crippen LogP contribution is -2.43. The molecule has 1 aliphatic carbocycles. The second kappa shape index (κ2) is 8.57. The lowest BCUT2D eigenvalue weighted by Gasteiger charge is -2.32. The number of hydrogen-bond donors (Lipinski definition) is 2. The lowest BCUT2D eigenvalue weighted by molar-refractivity contribution is 0.111. The van der Waals surface area contributed by atoms with Crippen LogP contribution in [0.3, 0.4) is 0 Å². The van der Waals surface area contributed by atoms with Gasteiger partial charge in [-0.15, -0.1) is 0 Å². The molecule has 2 aliphatic rings. The van der Waals surface area contributed by atoms with Gasteiger partial charge in [-0.05, 0) is 43.9 Å². The van der Waals surface area contributed by atoms with Gasteiger partial charge in [-0.25, -0.2) is 4.98 Å². The highest BCUT2D eigenvalue weighted by atomic mass is 16.3. The molecule has 164 valence electrons. The lowest BCUT2D eigenvalue weighted by atomic mass is 9.93. The van der Waals surface area contributed by atoms with E-state index >= 15 is 0 Å². The number of rotatable bonds is 4. The highest BCUT2D eigenvalue weighted by Gasteiger charge is 2.24. The van der Waals surface area contributed by atoms with E-state index < -0.39 is 0 Å². The summed E-state index contributed by atoms with van der Waals surface area (Å²) in [6, 6.07) is 9.25. The zero-order valence-corrected chi connectivity index (χ0v) is 18.2. The van der Waals surface area contributed by atoms with Crippen molar-refractivity contribution in [2.75, 3.05) is 39.0 Å². The Kier molecular flexibility index (Phi) is 5.65. The maximum absolute atomic E-state index is 9.91. The number of likely N-dealkylation sites (N-methyl/N-ethyl adjacent to an activating group) is 1. The number of aliphatic hydroxyl groups is 1. The Morgan fingerprint density at radius 3 is 2.45 bits per heavy atom. The molecule has 3 heterocycles. The third kappa shape index (κ3) is 4.31. The SMILES string of the molecule is CN1CCN(Cc2ccc(-c3cn([C@H]4CC[C@H](O)CC4)c4nc(N)ncc34)cc2)CC1. The number of nitrogens with two attached hydrogens (primary N) is 1. The summed E-state index contributed by atoms with van der Waals surface area (Å²) in [4.78, 5) is 13.8. The topological polar surface area (TPSA) is 83.4 Å². The Morgan fingerprint density at radius 2 is 1.74 bits per heavy atom. The van der Waals surface area contributed by atoms with Crippen LogP contribution in [0.4, 0.5) is 5.95 Å². The van der Waals surface area contributed by atoms with Gasteiger partial charge in [0.15, 0.2) is 0 Å². The van der Waals surface area contributed by atoms with Gasteiger partial charge in [-0.3, -0.25) is 4.90 Å². The smallest absolute Gasteiger partial charge is 0.221 e. The average Bonchev–Trinajstić information content (AvgIpc) is 3.15. The van der Waals surface area contributed by atoms with Gasteiger partial charge in [-0.2, -0.15) is 4.98 Å². The Morgan fingerprint density at radius 1 is 1.03 bits per heavy atom. The summed E-state index contributed by atoms with van der Waals surface area (Å²) in [6.45, 7) is 5.53. The van der Waals surface area contributed by atoms with Crippen molar-refractivity contribution >= 4 is 17.0 Å².